The molecule has 2 aromatic carbocycles. The van der Waals surface area contributed by atoms with E-state index in [9.17, 15) is 14.4 Å². The Morgan fingerprint density at radius 3 is 2.18 bits per heavy atom. The molecule has 0 spiro atoms. The Labute approximate surface area is 168 Å². The largest absolute Gasteiger partial charge is 0.342 e. The summed E-state index contributed by atoms with van der Waals surface area (Å²) in [5.74, 6) is 0.245. The fourth-order valence-corrected chi connectivity index (χ4v) is 4.60. The number of piperidine rings is 1. The molecule has 2 saturated heterocycles. The molecule has 0 N–H and O–H groups in total. The predicted octanol–water partition coefficient (Wildman–Crippen LogP) is 3.58. The lowest BCUT2D eigenvalue weighted by atomic mass is 10.0. The molecule has 5 nitrogen and oxygen atoms in total. The minimum atomic E-state index is -0.145. The van der Waals surface area contributed by atoms with Crippen molar-refractivity contribution in [3.05, 3.63) is 60.2 Å². The third-order valence-electron chi connectivity index (χ3n) is 5.38. The topological polar surface area (TPSA) is 57.7 Å². The average Bonchev–Trinajstić information content (AvgIpc) is 3.07. The minimum absolute atomic E-state index is 0.0656. The Morgan fingerprint density at radius 1 is 0.929 bits per heavy atom. The van der Waals surface area contributed by atoms with Crippen molar-refractivity contribution in [1.29, 1.82) is 0 Å². The van der Waals surface area contributed by atoms with Gasteiger partial charge in [-0.15, -0.1) is 0 Å². The fraction of sp³-hybridized carbons (Fsp3) is 0.318. The molecule has 4 rings (SSSR count). The van der Waals surface area contributed by atoms with Crippen molar-refractivity contribution in [2.24, 2.45) is 0 Å². The summed E-state index contributed by atoms with van der Waals surface area (Å²) in [6.45, 7) is 1.18. The van der Waals surface area contributed by atoms with Crippen LogP contribution in [0.2, 0.25) is 0 Å². The van der Waals surface area contributed by atoms with Gasteiger partial charge in [-0.3, -0.25) is 19.3 Å². The van der Waals surface area contributed by atoms with E-state index in [1.165, 1.54) is 4.90 Å². The van der Waals surface area contributed by atoms with Gasteiger partial charge in [0, 0.05) is 19.1 Å². The van der Waals surface area contributed by atoms with Gasteiger partial charge >= 0.3 is 0 Å². The highest BCUT2D eigenvalue weighted by molar-refractivity contribution is 8.14. The smallest absolute Gasteiger partial charge is 0.289 e. The van der Waals surface area contributed by atoms with Gasteiger partial charge in [0.2, 0.25) is 11.8 Å². The number of thioether (sulfide) groups is 1. The number of benzene rings is 2. The van der Waals surface area contributed by atoms with Crippen LogP contribution in [0.25, 0.3) is 11.1 Å². The van der Waals surface area contributed by atoms with Crippen LogP contribution < -0.4 is 0 Å². The lowest BCUT2D eigenvalue weighted by Crippen LogP contribution is -2.48. The van der Waals surface area contributed by atoms with Gasteiger partial charge in [0.25, 0.3) is 5.24 Å². The maximum Gasteiger partial charge on any atom is 0.289 e. The van der Waals surface area contributed by atoms with E-state index in [0.717, 1.165) is 28.5 Å². The van der Waals surface area contributed by atoms with E-state index in [-0.39, 0.29) is 28.8 Å². The number of hydrogen-bond donors (Lipinski definition) is 0. The van der Waals surface area contributed by atoms with E-state index in [1.54, 1.807) is 0 Å². The summed E-state index contributed by atoms with van der Waals surface area (Å²) in [4.78, 5) is 39.6. The Bertz CT molecular complexity index is 858. The Balaban J connectivity index is 1.32. The van der Waals surface area contributed by atoms with Gasteiger partial charge < -0.3 is 4.90 Å². The Kier molecular flexibility index (Phi) is 5.48. The lowest BCUT2D eigenvalue weighted by Gasteiger charge is -2.35. The first-order valence-corrected chi connectivity index (χ1v) is 10.5. The van der Waals surface area contributed by atoms with Crippen molar-refractivity contribution in [2.45, 2.75) is 25.3 Å². The van der Waals surface area contributed by atoms with Crippen molar-refractivity contribution >= 4 is 28.8 Å². The molecule has 144 valence electrons. The van der Waals surface area contributed by atoms with E-state index in [4.69, 9.17) is 0 Å². The summed E-state index contributed by atoms with van der Waals surface area (Å²) < 4.78 is 0. The summed E-state index contributed by atoms with van der Waals surface area (Å²) >= 11 is 1.07. The Morgan fingerprint density at radius 2 is 1.57 bits per heavy atom. The van der Waals surface area contributed by atoms with E-state index in [1.807, 2.05) is 47.4 Å². The second-order valence-corrected chi connectivity index (χ2v) is 8.10. The highest BCUT2D eigenvalue weighted by Crippen LogP contribution is 2.27. The molecular formula is C22H22N2O3S. The van der Waals surface area contributed by atoms with E-state index >= 15 is 0 Å². The molecule has 0 radical (unpaired) electrons. The maximum atomic E-state index is 12.7. The van der Waals surface area contributed by atoms with E-state index < -0.39 is 0 Å². The summed E-state index contributed by atoms with van der Waals surface area (Å²) in [6, 6.07) is 18.2. The lowest BCUT2D eigenvalue weighted by molar-refractivity contribution is -0.132. The van der Waals surface area contributed by atoms with Gasteiger partial charge in [-0.25, -0.2) is 0 Å². The monoisotopic (exact) mass is 394 g/mol. The molecule has 0 saturated carbocycles. The van der Waals surface area contributed by atoms with Gasteiger partial charge in [-0.2, -0.15) is 0 Å². The van der Waals surface area contributed by atoms with Crippen molar-refractivity contribution < 1.29 is 14.4 Å². The highest BCUT2D eigenvalue weighted by Gasteiger charge is 2.37. The highest BCUT2D eigenvalue weighted by atomic mass is 32.2. The zero-order valence-electron chi connectivity index (χ0n) is 15.5. The number of carbonyl (C=O) groups is 3. The zero-order chi connectivity index (χ0) is 19.5. The van der Waals surface area contributed by atoms with Crippen molar-refractivity contribution in [3.8, 4) is 11.1 Å². The normalized spacial score (nSPS) is 18.0. The van der Waals surface area contributed by atoms with Crippen molar-refractivity contribution in [2.75, 3.05) is 18.8 Å². The van der Waals surface area contributed by atoms with Crippen LogP contribution in [0.5, 0.6) is 0 Å². The predicted molar refractivity (Wildman–Crippen MR) is 110 cm³/mol. The van der Waals surface area contributed by atoms with Gasteiger partial charge in [-0.05, 0) is 29.5 Å². The second kappa shape index (κ2) is 8.19. The van der Waals surface area contributed by atoms with Crippen LogP contribution in [0.1, 0.15) is 18.4 Å². The van der Waals surface area contributed by atoms with Gasteiger partial charge in [0.05, 0.1) is 12.2 Å². The molecule has 2 heterocycles. The quantitative estimate of drug-likeness (QED) is 0.795. The zero-order valence-corrected chi connectivity index (χ0v) is 16.4. The van der Waals surface area contributed by atoms with Crippen LogP contribution in [0.15, 0.2) is 54.6 Å². The van der Waals surface area contributed by atoms with Crippen LogP contribution in [-0.4, -0.2) is 51.7 Å². The van der Waals surface area contributed by atoms with Crippen LogP contribution in [-0.2, 0) is 16.0 Å². The van der Waals surface area contributed by atoms with Gasteiger partial charge in [-0.1, -0.05) is 66.4 Å². The van der Waals surface area contributed by atoms with Gasteiger partial charge in [0.15, 0.2) is 0 Å². The third kappa shape index (κ3) is 3.97. The minimum Gasteiger partial charge on any atom is -0.342 e. The number of nitrogens with zero attached hydrogens (tertiary/aromatic N) is 2. The molecule has 0 bridgehead atoms. The standard InChI is InChI=1S/C22H22N2O3S/c25-20(14-16-6-8-18(9-7-16)17-4-2-1-3-5-17)23-12-10-19(11-13-23)24-21(26)15-28-22(24)27/h1-9,19H,10-15H2. The Hall–Kier alpha value is -2.60. The third-order valence-corrected chi connectivity index (χ3v) is 6.22. The van der Waals surface area contributed by atoms with Crippen molar-refractivity contribution in [1.82, 2.24) is 9.80 Å². The first kappa shape index (κ1) is 18.7. The summed E-state index contributed by atoms with van der Waals surface area (Å²) in [5.41, 5.74) is 3.29. The first-order chi connectivity index (χ1) is 13.6. The van der Waals surface area contributed by atoms with E-state index in [0.29, 0.717) is 32.4 Å². The SMILES string of the molecule is O=C(Cc1ccc(-c2ccccc2)cc1)N1CCC(N2C(=O)CSC2=O)CC1. The van der Waals surface area contributed by atoms with Crippen LogP contribution >= 0.6 is 11.8 Å². The second-order valence-electron chi connectivity index (χ2n) is 7.17. The molecule has 0 atom stereocenters. The number of amides is 3. The number of likely N-dealkylation sites (tertiary alicyclic amines) is 1. The summed E-state index contributed by atoms with van der Waals surface area (Å²) in [7, 11) is 0. The van der Waals surface area contributed by atoms with Crippen molar-refractivity contribution in [3.63, 3.8) is 0 Å². The molecule has 6 heteroatoms. The number of hydrogen-bond acceptors (Lipinski definition) is 4. The molecule has 3 amide bonds. The molecule has 28 heavy (non-hydrogen) atoms. The molecule has 2 aliphatic heterocycles. The molecule has 0 aromatic heterocycles. The van der Waals surface area contributed by atoms with Crippen LogP contribution in [0.4, 0.5) is 4.79 Å². The van der Waals surface area contributed by atoms with Crippen LogP contribution in [0, 0.1) is 0 Å². The summed E-state index contributed by atoms with van der Waals surface area (Å²) in [6.07, 6.45) is 1.70. The first-order valence-electron chi connectivity index (χ1n) is 9.53. The van der Waals surface area contributed by atoms with Gasteiger partial charge in [0.1, 0.15) is 0 Å². The molecular weight excluding hydrogens is 372 g/mol. The average molecular weight is 394 g/mol. The fourth-order valence-electron chi connectivity index (χ4n) is 3.82. The number of imide groups is 1. The number of rotatable bonds is 4. The summed E-state index contributed by atoms with van der Waals surface area (Å²) in [5, 5.41) is -0.145. The molecule has 0 aliphatic carbocycles. The maximum absolute atomic E-state index is 12.7. The molecule has 2 aromatic rings. The number of carbonyl (C=O) groups excluding carboxylic acids is 3. The van der Waals surface area contributed by atoms with E-state index in [2.05, 4.69) is 12.1 Å². The molecule has 2 aliphatic rings. The molecule has 2 fully saturated rings. The van der Waals surface area contributed by atoms with Crippen LogP contribution in [0.3, 0.4) is 0 Å². The molecule has 0 unspecified atom stereocenters.